The Kier molecular flexibility index (Phi) is 6.45. The topological polar surface area (TPSA) is 103 Å². The van der Waals surface area contributed by atoms with Crippen LogP contribution in [0.5, 0.6) is 11.5 Å². The number of H-pyrrole nitrogens is 1. The van der Waals surface area contributed by atoms with Crippen LogP contribution in [0.1, 0.15) is 28.5 Å². The number of aromatic nitrogens is 3. The van der Waals surface area contributed by atoms with Crippen molar-refractivity contribution in [3.05, 3.63) is 71.4 Å². The molecule has 2 aromatic heterocycles. The number of carbonyl (C=O) groups is 1. The highest BCUT2D eigenvalue weighted by Crippen LogP contribution is 2.29. The van der Waals surface area contributed by atoms with Gasteiger partial charge in [0.25, 0.3) is 5.91 Å². The maximum absolute atomic E-state index is 13.6. The summed E-state index contributed by atoms with van der Waals surface area (Å²) in [5.41, 5.74) is 4.18. The van der Waals surface area contributed by atoms with Crippen molar-refractivity contribution in [2.45, 2.75) is 6.92 Å². The molecule has 2 aromatic carbocycles. The molecule has 1 aliphatic rings. The predicted molar refractivity (Wildman–Crippen MR) is 136 cm³/mol. The second kappa shape index (κ2) is 9.99. The number of phenolic OH excluding ortho intramolecular Hbond substituents is 1. The third-order valence-electron chi connectivity index (χ3n) is 5.98. The van der Waals surface area contributed by atoms with E-state index in [2.05, 4.69) is 15.5 Å². The minimum atomic E-state index is -0.0453. The Morgan fingerprint density at radius 1 is 1.09 bits per heavy atom. The monoisotopic (exact) mass is 469 g/mol. The predicted octanol–water partition coefficient (Wildman–Crippen LogP) is 3.95. The number of aromatic amines is 1. The molecule has 1 amide bonds. The molecule has 1 fully saturated rings. The van der Waals surface area contributed by atoms with Gasteiger partial charge in [-0.1, -0.05) is 18.2 Å². The van der Waals surface area contributed by atoms with E-state index >= 15 is 0 Å². The Hall–Kier alpha value is -4.17. The fourth-order valence-electron chi connectivity index (χ4n) is 4.18. The van der Waals surface area contributed by atoms with Crippen LogP contribution in [0.25, 0.3) is 34.4 Å². The molecule has 3 N–H and O–H groups in total. The van der Waals surface area contributed by atoms with Crippen molar-refractivity contribution in [1.82, 2.24) is 25.4 Å². The van der Waals surface area contributed by atoms with E-state index in [1.54, 1.807) is 24.3 Å². The number of hydrogen-bond donors (Lipinski definition) is 3. The van der Waals surface area contributed by atoms with Crippen molar-refractivity contribution in [1.29, 1.82) is 0 Å². The minimum absolute atomic E-state index is 0.0453. The summed E-state index contributed by atoms with van der Waals surface area (Å²) < 4.78 is 5.51. The lowest BCUT2D eigenvalue weighted by molar-refractivity contribution is 0.0737. The molecule has 1 aliphatic heterocycles. The van der Waals surface area contributed by atoms with Crippen LogP contribution in [-0.4, -0.2) is 63.9 Å². The Balaban J connectivity index is 1.56. The fourth-order valence-corrected chi connectivity index (χ4v) is 4.18. The van der Waals surface area contributed by atoms with Crippen molar-refractivity contribution in [2.75, 3.05) is 32.8 Å². The van der Waals surface area contributed by atoms with E-state index in [0.29, 0.717) is 42.0 Å². The Morgan fingerprint density at radius 2 is 1.83 bits per heavy atom. The van der Waals surface area contributed by atoms with E-state index in [4.69, 9.17) is 9.72 Å². The number of pyridine rings is 1. The number of piperazine rings is 1. The highest BCUT2D eigenvalue weighted by Gasteiger charge is 2.24. The summed E-state index contributed by atoms with van der Waals surface area (Å²) in [6.07, 6.45) is 3.89. The largest absolute Gasteiger partial charge is 0.508 e. The molecule has 35 heavy (non-hydrogen) atoms. The Bertz CT molecular complexity index is 1350. The van der Waals surface area contributed by atoms with Crippen LogP contribution >= 0.6 is 0 Å². The molecule has 178 valence electrons. The van der Waals surface area contributed by atoms with Crippen LogP contribution in [-0.2, 0) is 0 Å². The number of fused-ring (bicyclic) bond motifs is 1. The van der Waals surface area contributed by atoms with Crippen molar-refractivity contribution < 1.29 is 14.6 Å². The Labute approximate surface area is 203 Å². The average Bonchev–Trinajstić information content (AvgIpc) is 3.31. The summed E-state index contributed by atoms with van der Waals surface area (Å²) in [5.74, 6) is 0.955. The van der Waals surface area contributed by atoms with Crippen molar-refractivity contribution in [3.63, 3.8) is 0 Å². The number of nitrogens with zero attached hydrogens (tertiary/aromatic N) is 3. The van der Waals surface area contributed by atoms with Gasteiger partial charge < -0.3 is 20.1 Å². The van der Waals surface area contributed by atoms with Crippen LogP contribution in [0, 0.1) is 0 Å². The van der Waals surface area contributed by atoms with Crippen LogP contribution in [0.15, 0.2) is 54.6 Å². The lowest BCUT2D eigenvalue weighted by atomic mass is 10.0. The van der Waals surface area contributed by atoms with Crippen LogP contribution in [0.4, 0.5) is 0 Å². The molecule has 0 spiro atoms. The van der Waals surface area contributed by atoms with E-state index < -0.39 is 0 Å². The molecule has 0 bridgehead atoms. The van der Waals surface area contributed by atoms with Gasteiger partial charge in [-0.3, -0.25) is 9.89 Å². The van der Waals surface area contributed by atoms with Crippen molar-refractivity contribution >= 4 is 29.1 Å². The first-order valence-corrected chi connectivity index (χ1v) is 11.7. The first-order chi connectivity index (χ1) is 17.1. The number of nitrogens with one attached hydrogen (secondary N) is 2. The third-order valence-corrected chi connectivity index (χ3v) is 5.98. The van der Waals surface area contributed by atoms with Gasteiger partial charge in [0.2, 0.25) is 0 Å². The summed E-state index contributed by atoms with van der Waals surface area (Å²) in [6, 6.07) is 16.4. The molecule has 8 nitrogen and oxygen atoms in total. The molecule has 0 unspecified atom stereocenters. The van der Waals surface area contributed by atoms with Gasteiger partial charge in [-0.25, -0.2) is 4.98 Å². The van der Waals surface area contributed by atoms with Gasteiger partial charge in [0.1, 0.15) is 11.5 Å². The highest BCUT2D eigenvalue weighted by atomic mass is 16.5. The van der Waals surface area contributed by atoms with Gasteiger partial charge in [-0.15, -0.1) is 0 Å². The molecular weight excluding hydrogens is 442 g/mol. The summed E-state index contributed by atoms with van der Waals surface area (Å²) >= 11 is 0. The molecule has 5 rings (SSSR count). The molecule has 0 saturated carbocycles. The van der Waals surface area contributed by atoms with Gasteiger partial charge in [0.15, 0.2) is 5.65 Å². The van der Waals surface area contributed by atoms with E-state index in [1.807, 2.05) is 54.3 Å². The second-order valence-corrected chi connectivity index (χ2v) is 8.32. The van der Waals surface area contributed by atoms with Gasteiger partial charge in [-0.2, -0.15) is 5.10 Å². The van der Waals surface area contributed by atoms with Gasteiger partial charge >= 0.3 is 0 Å². The molecule has 0 aliphatic carbocycles. The number of amides is 1. The standard InChI is InChI=1S/C27H27N5O3/c1-2-35-21-10-3-18(4-11-21)5-12-23-25-22(27(34)32-15-13-28-14-16-32)17-24(29-26(25)31-30-23)19-6-8-20(33)9-7-19/h3-12,17,28,33H,2,13-16H2,1H3,(H,29,30,31). The number of ether oxygens (including phenoxy) is 1. The lowest BCUT2D eigenvalue weighted by Crippen LogP contribution is -2.46. The fraction of sp³-hybridized carbons (Fsp3) is 0.222. The molecule has 0 atom stereocenters. The molecule has 3 heterocycles. The first-order valence-electron chi connectivity index (χ1n) is 11.7. The summed E-state index contributed by atoms with van der Waals surface area (Å²) in [4.78, 5) is 20.2. The summed E-state index contributed by atoms with van der Waals surface area (Å²) in [7, 11) is 0. The van der Waals surface area contributed by atoms with Gasteiger partial charge in [0.05, 0.1) is 28.9 Å². The zero-order valence-corrected chi connectivity index (χ0v) is 19.5. The zero-order valence-electron chi connectivity index (χ0n) is 19.5. The van der Waals surface area contributed by atoms with Gasteiger partial charge in [-0.05, 0) is 61.0 Å². The quantitative estimate of drug-likeness (QED) is 0.395. The zero-order chi connectivity index (χ0) is 24.2. The summed E-state index contributed by atoms with van der Waals surface area (Å²) in [6.45, 7) is 5.40. The van der Waals surface area contributed by atoms with E-state index in [0.717, 1.165) is 35.7 Å². The number of phenols is 1. The summed E-state index contributed by atoms with van der Waals surface area (Å²) in [5, 5.41) is 21.1. The van der Waals surface area contributed by atoms with Crippen molar-refractivity contribution in [2.24, 2.45) is 0 Å². The van der Waals surface area contributed by atoms with E-state index in [1.165, 1.54) is 0 Å². The molecular formula is C27H27N5O3. The second-order valence-electron chi connectivity index (χ2n) is 8.32. The SMILES string of the molecule is CCOc1ccc(C=Cc2[nH]nc3nc(-c4ccc(O)cc4)cc(C(=O)N4CCNCC4)c23)cc1. The maximum atomic E-state index is 13.6. The minimum Gasteiger partial charge on any atom is -0.508 e. The molecule has 0 radical (unpaired) electrons. The van der Waals surface area contributed by atoms with E-state index in [-0.39, 0.29) is 11.7 Å². The normalized spacial score (nSPS) is 14.0. The number of rotatable bonds is 6. The smallest absolute Gasteiger partial charge is 0.254 e. The Morgan fingerprint density at radius 3 is 2.54 bits per heavy atom. The highest BCUT2D eigenvalue weighted by molar-refractivity contribution is 6.09. The molecule has 4 aromatic rings. The molecule has 1 saturated heterocycles. The van der Waals surface area contributed by atoms with Crippen LogP contribution in [0.3, 0.4) is 0 Å². The number of carbonyl (C=O) groups excluding carboxylic acids is 1. The average molecular weight is 470 g/mol. The van der Waals surface area contributed by atoms with Crippen molar-refractivity contribution in [3.8, 4) is 22.8 Å². The number of hydrogen-bond acceptors (Lipinski definition) is 6. The number of benzene rings is 2. The number of aromatic hydroxyl groups is 1. The molecule has 8 heteroatoms. The lowest BCUT2D eigenvalue weighted by Gasteiger charge is -2.27. The first kappa shape index (κ1) is 22.6. The maximum Gasteiger partial charge on any atom is 0.254 e. The van der Waals surface area contributed by atoms with Crippen LogP contribution < -0.4 is 10.1 Å². The van der Waals surface area contributed by atoms with E-state index in [9.17, 15) is 9.90 Å². The third kappa shape index (κ3) is 4.88. The van der Waals surface area contributed by atoms with Gasteiger partial charge in [0, 0.05) is 31.7 Å². The van der Waals surface area contributed by atoms with Crippen LogP contribution in [0.2, 0.25) is 0 Å².